The first-order valence-corrected chi connectivity index (χ1v) is 8.09. The summed E-state index contributed by atoms with van der Waals surface area (Å²) in [7, 11) is 3.71. The van der Waals surface area contributed by atoms with Crippen LogP contribution in [0.15, 0.2) is 18.2 Å². The standard InChI is InChI=1S/C16H19N5OS/c1-9-12(10(2)21(4)19-9)8-20(3)15(22)11-5-6-14-13(7-11)18-16(17)23-14/h5-7H,8H2,1-4H3,(H2,17,18). The SMILES string of the molecule is Cc1nn(C)c(C)c1CN(C)C(=O)c1ccc2sc(N)nc2c1. The number of nitrogen functional groups attached to an aromatic ring is 1. The molecule has 0 saturated carbocycles. The lowest BCUT2D eigenvalue weighted by molar-refractivity contribution is 0.0785. The quantitative estimate of drug-likeness (QED) is 0.801. The van der Waals surface area contributed by atoms with Gasteiger partial charge in [-0.1, -0.05) is 11.3 Å². The Morgan fingerprint density at radius 2 is 2.13 bits per heavy atom. The van der Waals surface area contributed by atoms with Crippen LogP contribution in [-0.2, 0) is 13.6 Å². The largest absolute Gasteiger partial charge is 0.375 e. The number of thiazole rings is 1. The van der Waals surface area contributed by atoms with E-state index in [1.165, 1.54) is 11.3 Å². The summed E-state index contributed by atoms with van der Waals surface area (Å²) in [4.78, 5) is 18.6. The van der Waals surface area contributed by atoms with Crippen molar-refractivity contribution in [3.8, 4) is 0 Å². The zero-order chi connectivity index (χ0) is 16.7. The maximum Gasteiger partial charge on any atom is 0.253 e. The van der Waals surface area contributed by atoms with Crippen molar-refractivity contribution in [1.82, 2.24) is 19.7 Å². The second-order valence-corrected chi connectivity index (χ2v) is 6.73. The second-order valence-electron chi connectivity index (χ2n) is 5.67. The number of aromatic nitrogens is 3. The molecule has 0 atom stereocenters. The van der Waals surface area contributed by atoms with Crippen LogP contribution in [0.5, 0.6) is 0 Å². The van der Waals surface area contributed by atoms with E-state index in [9.17, 15) is 4.79 Å². The zero-order valence-corrected chi connectivity index (χ0v) is 14.4. The van der Waals surface area contributed by atoms with Crippen molar-refractivity contribution < 1.29 is 4.79 Å². The zero-order valence-electron chi connectivity index (χ0n) is 13.6. The lowest BCUT2D eigenvalue weighted by atomic mass is 10.1. The summed E-state index contributed by atoms with van der Waals surface area (Å²) >= 11 is 1.42. The molecule has 23 heavy (non-hydrogen) atoms. The van der Waals surface area contributed by atoms with E-state index in [1.54, 1.807) is 18.0 Å². The van der Waals surface area contributed by atoms with Crippen LogP contribution in [0, 0.1) is 13.8 Å². The van der Waals surface area contributed by atoms with Crippen molar-refractivity contribution in [2.24, 2.45) is 7.05 Å². The second kappa shape index (κ2) is 5.66. The Balaban J connectivity index is 1.85. The fourth-order valence-electron chi connectivity index (χ4n) is 2.65. The number of carbonyl (C=O) groups excluding carboxylic acids is 1. The predicted molar refractivity (Wildman–Crippen MR) is 92.5 cm³/mol. The van der Waals surface area contributed by atoms with Crippen LogP contribution in [0.1, 0.15) is 27.3 Å². The van der Waals surface area contributed by atoms with E-state index in [0.717, 1.165) is 27.2 Å². The van der Waals surface area contributed by atoms with Crippen molar-refractivity contribution in [1.29, 1.82) is 0 Å². The lowest BCUT2D eigenvalue weighted by Gasteiger charge is -2.17. The minimum atomic E-state index is -0.0406. The van der Waals surface area contributed by atoms with Gasteiger partial charge in [-0.2, -0.15) is 5.10 Å². The number of amides is 1. The molecule has 1 aromatic carbocycles. The fraction of sp³-hybridized carbons (Fsp3) is 0.312. The highest BCUT2D eigenvalue weighted by molar-refractivity contribution is 7.22. The molecule has 0 radical (unpaired) electrons. The molecule has 0 saturated heterocycles. The molecular weight excluding hydrogens is 310 g/mol. The molecule has 3 rings (SSSR count). The van der Waals surface area contributed by atoms with E-state index >= 15 is 0 Å². The molecule has 7 heteroatoms. The number of carbonyl (C=O) groups is 1. The molecule has 2 aromatic heterocycles. The van der Waals surface area contributed by atoms with E-state index in [4.69, 9.17) is 5.73 Å². The van der Waals surface area contributed by atoms with Gasteiger partial charge in [-0.3, -0.25) is 9.48 Å². The maximum atomic E-state index is 12.7. The molecule has 6 nitrogen and oxygen atoms in total. The Hall–Kier alpha value is -2.41. The minimum absolute atomic E-state index is 0.0406. The molecule has 0 bridgehead atoms. The normalized spacial score (nSPS) is 11.1. The van der Waals surface area contributed by atoms with Crippen LogP contribution in [0.25, 0.3) is 10.2 Å². The molecule has 0 aliphatic carbocycles. The topological polar surface area (TPSA) is 77.0 Å². The summed E-state index contributed by atoms with van der Waals surface area (Å²) in [5.41, 5.74) is 10.2. The van der Waals surface area contributed by atoms with Gasteiger partial charge < -0.3 is 10.6 Å². The summed E-state index contributed by atoms with van der Waals surface area (Å²) in [5.74, 6) is -0.0406. The van der Waals surface area contributed by atoms with Crippen LogP contribution in [0.2, 0.25) is 0 Å². The number of rotatable bonds is 3. The minimum Gasteiger partial charge on any atom is -0.375 e. The van der Waals surface area contributed by atoms with Crippen LogP contribution < -0.4 is 5.73 Å². The highest BCUT2D eigenvalue weighted by Crippen LogP contribution is 2.25. The summed E-state index contributed by atoms with van der Waals surface area (Å²) in [6.07, 6.45) is 0. The number of hydrogen-bond donors (Lipinski definition) is 1. The first kappa shape index (κ1) is 15.5. The van der Waals surface area contributed by atoms with Crippen LogP contribution in [-0.4, -0.2) is 32.6 Å². The third kappa shape index (κ3) is 2.79. The van der Waals surface area contributed by atoms with E-state index in [1.807, 2.05) is 37.7 Å². The van der Waals surface area contributed by atoms with Crippen LogP contribution >= 0.6 is 11.3 Å². The Bertz CT molecular complexity index is 895. The van der Waals surface area contributed by atoms with Crippen molar-refractivity contribution in [2.75, 3.05) is 12.8 Å². The summed E-state index contributed by atoms with van der Waals surface area (Å²) in [6.45, 7) is 4.50. The van der Waals surface area contributed by atoms with Gasteiger partial charge in [-0.05, 0) is 32.0 Å². The molecule has 0 fully saturated rings. The Labute approximate surface area is 138 Å². The van der Waals surface area contributed by atoms with E-state index < -0.39 is 0 Å². The number of anilines is 1. The third-order valence-corrected chi connectivity index (χ3v) is 4.92. The number of nitrogens with two attached hydrogens (primary N) is 1. The molecule has 120 valence electrons. The average Bonchev–Trinajstić information content (AvgIpc) is 2.99. The van der Waals surface area contributed by atoms with E-state index in [-0.39, 0.29) is 5.91 Å². The molecule has 0 aliphatic heterocycles. The van der Waals surface area contributed by atoms with E-state index in [2.05, 4.69) is 10.1 Å². The van der Waals surface area contributed by atoms with Crippen LogP contribution in [0.4, 0.5) is 5.13 Å². The third-order valence-electron chi connectivity index (χ3n) is 4.05. The van der Waals surface area contributed by atoms with Gasteiger partial charge in [0.25, 0.3) is 5.91 Å². The average molecular weight is 329 g/mol. The fourth-order valence-corrected chi connectivity index (χ4v) is 3.37. The molecule has 2 N–H and O–H groups in total. The number of hydrogen-bond acceptors (Lipinski definition) is 5. The van der Waals surface area contributed by atoms with Crippen molar-refractivity contribution in [3.63, 3.8) is 0 Å². The van der Waals surface area contributed by atoms with Gasteiger partial charge in [0, 0.05) is 37.5 Å². The number of benzene rings is 1. The van der Waals surface area contributed by atoms with Crippen molar-refractivity contribution >= 4 is 32.6 Å². The smallest absolute Gasteiger partial charge is 0.253 e. The molecule has 2 heterocycles. The summed E-state index contributed by atoms with van der Waals surface area (Å²) in [5, 5.41) is 4.91. The van der Waals surface area contributed by atoms with Gasteiger partial charge in [-0.25, -0.2) is 4.98 Å². The Morgan fingerprint density at radius 1 is 1.39 bits per heavy atom. The van der Waals surface area contributed by atoms with E-state index in [0.29, 0.717) is 17.2 Å². The molecule has 0 spiro atoms. The monoisotopic (exact) mass is 329 g/mol. The van der Waals surface area contributed by atoms with Gasteiger partial charge in [0.05, 0.1) is 15.9 Å². The molecule has 0 unspecified atom stereocenters. The van der Waals surface area contributed by atoms with Gasteiger partial charge in [0.15, 0.2) is 5.13 Å². The first-order chi connectivity index (χ1) is 10.9. The number of nitrogens with zero attached hydrogens (tertiary/aromatic N) is 4. The van der Waals surface area contributed by atoms with Gasteiger partial charge >= 0.3 is 0 Å². The van der Waals surface area contributed by atoms with Gasteiger partial charge in [0.2, 0.25) is 0 Å². The summed E-state index contributed by atoms with van der Waals surface area (Å²) < 4.78 is 2.83. The van der Waals surface area contributed by atoms with Gasteiger partial charge in [-0.15, -0.1) is 0 Å². The Morgan fingerprint density at radius 3 is 2.78 bits per heavy atom. The molecule has 3 aromatic rings. The van der Waals surface area contributed by atoms with Gasteiger partial charge in [0.1, 0.15) is 0 Å². The highest BCUT2D eigenvalue weighted by Gasteiger charge is 2.17. The molecular formula is C16H19N5OS. The maximum absolute atomic E-state index is 12.7. The molecule has 1 amide bonds. The summed E-state index contributed by atoms with van der Waals surface area (Å²) in [6, 6.07) is 5.51. The van der Waals surface area contributed by atoms with Crippen LogP contribution in [0.3, 0.4) is 0 Å². The first-order valence-electron chi connectivity index (χ1n) is 7.27. The number of fused-ring (bicyclic) bond motifs is 1. The van der Waals surface area contributed by atoms with Crippen molar-refractivity contribution in [2.45, 2.75) is 20.4 Å². The Kier molecular flexibility index (Phi) is 3.81. The predicted octanol–water partition coefficient (Wildman–Crippen LogP) is 2.50. The highest BCUT2D eigenvalue weighted by atomic mass is 32.1. The molecule has 0 aliphatic rings. The number of aryl methyl sites for hydroxylation is 2. The van der Waals surface area contributed by atoms with Crippen molar-refractivity contribution in [3.05, 3.63) is 40.7 Å². The lowest BCUT2D eigenvalue weighted by Crippen LogP contribution is -2.26.